The lowest BCUT2D eigenvalue weighted by Gasteiger charge is -2.40. The van der Waals surface area contributed by atoms with Gasteiger partial charge in [-0.3, -0.25) is 24.4 Å². The Morgan fingerprint density at radius 2 is 1.70 bits per heavy atom. The smallest absolute Gasteiger partial charge is 0.372 e. The van der Waals surface area contributed by atoms with Crippen molar-refractivity contribution >= 4 is 45.8 Å². The average Bonchev–Trinajstić information content (AvgIpc) is 3.52. The summed E-state index contributed by atoms with van der Waals surface area (Å²) in [6.45, 7) is 7.75. The van der Waals surface area contributed by atoms with E-state index in [1.807, 2.05) is 20.8 Å². The second-order valence-corrected chi connectivity index (χ2v) is 14.4. The normalized spacial score (nSPS) is 17.8. The van der Waals surface area contributed by atoms with Crippen molar-refractivity contribution in [1.29, 1.82) is 0 Å². The molecular formula is C39H45F4N7O3S. The number of aromatic nitrogens is 3. The minimum atomic E-state index is -4.63. The van der Waals surface area contributed by atoms with Crippen molar-refractivity contribution in [2.75, 3.05) is 0 Å². The van der Waals surface area contributed by atoms with Gasteiger partial charge in [0.15, 0.2) is 0 Å². The highest BCUT2D eigenvalue weighted by atomic mass is 32.1. The number of halogens is 4. The Kier molecular flexibility index (Phi) is 12.7. The van der Waals surface area contributed by atoms with Crippen molar-refractivity contribution in [2.24, 2.45) is 11.8 Å². The molecule has 0 spiro atoms. The topological polar surface area (TPSA) is 141 Å². The maximum absolute atomic E-state index is 14.8. The number of hydrogen-bond acceptors (Lipinski definition) is 6. The van der Waals surface area contributed by atoms with Crippen LogP contribution in [0.15, 0.2) is 61.1 Å². The van der Waals surface area contributed by atoms with Crippen molar-refractivity contribution in [3.63, 3.8) is 0 Å². The van der Waals surface area contributed by atoms with Gasteiger partial charge in [0.05, 0.1) is 47.0 Å². The summed E-state index contributed by atoms with van der Waals surface area (Å²) in [6.07, 6.45) is 0.906. The second kappa shape index (κ2) is 17.0. The average molecular weight is 768 g/mol. The monoisotopic (exact) mass is 767 g/mol. The standard InChI is InChI=1S/C39H45F4N7O3S/c1-5-22(3)32(48-31(51)18-24-10-7-8-13-29(24)40)35(52)50-38(15-14-30-27(19-38)26-11-9-12-28(34(26)47-30)39(41,42)43)37(53)49-33(23(4)6-2)36(54)46-21-25-20-44-16-17-45-25/h7-13,16-17,20,22-23,32-33,47H,5-6,14-15,18-19,21H2,1-4H3,(H,46,54)(H,48,51)(H,49,53)(H,50,52)/t22?,23-,32-,33?,38+/m0/s1. The van der Waals surface area contributed by atoms with Crippen LogP contribution in [0.2, 0.25) is 0 Å². The summed E-state index contributed by atoms with van der Waals surface area (Å²) in [5.41, 5.74) is -0.779. The van der Waals surface area contributed by atoms with Crippen LogP contribution in [0, 0.1) is 17.7 Å². The fraction of sp³-hybridized carbons (Fsp3) is 0.436. The van der Waals surface area contributed by atoms with Crippen molar-refractivity contribution in [1.82, 2.24) is 36.2 Å². The minimum Gasteiger partial charge on any atom is -0.372 e. The molecule has 2 heterocycles. The lowest BCUT2D eigenvalue weighted by Crippen LogP contribution is -2.67. The largest absolute Gasteiger partial charge is 0.418 e. The van der Waals surface area contributed by atoms with Gasteiger partial charge < -0.3 is 26.3 Å². The molecule has 2 unspecified atom stereocenters. The highest BCUT2D eigenvalue weighted by molar-refractivity contribution is 7.80. The fourth-order valence-corrected chi connectivity index (χ4v) is 7.17. The van der Waals surface area contributed by atoms with Crippen molar-refractivity contribution in [3.8, 4) is 0 Å². The number of aromatic amines is 1. The Hall–Kier alpha value is -4.92. The van der Waals surface area contributed by atoms with E-state index in [4.69, 9.17) is 12.2 Å². The van der Waals surface area contributed by atoms with E-state index in [1.54, 1.807) is 37.6 Å². The first-order chi connectivity index (χ1) is 25.7. The highest BCUT2D eigenvalue weighted by Gasteiger charge is 2.47. The lowest BCUT2D eigenvalue weighted by atomic mass is 9.78. The number of para-hydroxylation sites is 1. The fourth-order valence-electron chi connectivity index (χ4n) is 6.81. The van der Waals surface area contributed by atoms with Crippen LogP contribution in [-0.4, -0.2) is 55.3 Å². The molecule has 0 saturated carbocycles. The Morgan fingerprint density at radius 3 is 2.37 bits per heavy atom. The number of aryl methyl sites for hydroxylation is 1. The number of nitrogens with one attached hydrogen (secondary N) is 5. The van der Waals surface area contributed by atoms with E-state index in [2.05, 4.69) is 36.2 Å². The molecule has 5 atom stereocenters. The summed E-state index contributed by atoms with van der Waals surface area (Å²) >= 11 is 5.78. The van der Waals surface area contributed by atoms with Crippen LogP contribution in [0.1, 0.15) is 75.0 Å². The lowest BCUT2D eigenvalue weighted by molar-refractivity contribution is -0.137. The van der Waals surface area contributed by atoms with Gasteiger partial charge in [0.2, 0.25) is 17.7 Å². The molecule has 15 heteroatoms. The zero-order valence-electron chi connectivity index (χ0n) is 30.6. The molecule has 0 saturated heterocycles. The molecule has 10 nitrogen and oxygen atoms in total. The number of nitrogens with zero attached hydrogens (tertiary/aromatic N) is 2. The van der Waals surface area contributed by atoms with Crippen LogP contribution in [0.5, 0.6) is 0 Å². The summed E-state index contributed by atoms with van der Waals surface area (Å²) in [5.74, 6) is -2.92. The number of H-pyrrole nitrogens is 1. The van der Waals surface area contributed by atoms with Crippen molar-refractivity contribution < 1.29 is 31.9 Å². The summed E-state index contributed by atoms with van der Waals surface area (Å²) in [4.78, 5) is 54.0. The zero-order chi connectivity index (χ0) is 39.2. The van der Waals surface area contributed by atoms with E-state index in [-0.39, 0.29) is 49.2 Å². The van der Waals surface area contributed by atoms with Crippen LogP contribution in [0.3, 0.4) is 0 Å². The number of fused-ring (bicyclic) bond motifs is 3. The molecule has 4 aromatic rings. The zero-order valence-corrected chi connectivity index (χ0v) is 31.4. The second-order valence-electron chi connectivity index (χ2n) is 14.0. The van der Waals surface area contributed by atoms with Crippen LogP contribution >= 0.6 is 12.2 Å². The van der Waals surface area contributed by atoms with E-state index in [0.717, 1.165) is 6.07 Å². The molecule has 54 heavy (non-hydrogen) atoms. The Balaban J connectivity index is 1.49. The van der Waals surface area contributed by atoms with Crippen molar-refractivity contribution in [2.45, 2.75) is 96.6 Å². The number of hydrogen-bond donors (Lipinski definition) is 5. The Labute approximate surface area is 316 Å². The molecule has 2 aromatic heterocycles. The molecule has 0 aliphatic heterocycles. The number of rotatable bonds is 14. The summed E-state index contributed by atoms with van der Waals surface area (Å²) < 4.78 is 56.6. The van der Waals surface area contributed by atoms with Gasteiger partial charge >= 0.3 is 6.18 Å². The quantitative estimate of drug-likeness (QED) is 0.0798. The maximum atomic E-state index is 14.8. The summed E-state index contributed by atoms with van der Waals surface area (Å²) in [6, 6.07) is 7.93. The molecule has 5 N–H and O–H groups in total. The number of carbonyl (C=O) groups excluding carboxylic acids is 3. The minimum absolute atomic E-state index is 0.0369. The number of benzene rings is 2. The van der Waals surface area contributed by atoms with Gasteiger partial charge in [-0.05, 0) is 47.9 Å². The predicted octanol–water partition coefficient (Wildman–Crippen LogP) is 5.88. The van der Waals surface area contributed by atoms with Crippen molar-refractivity contribution in [3.05, 3.63) is 95.0 Å². The van der Waals surface area contributed by atoms with Crippen LogP contribution in [0.25, 0.3) is 10.9 Å². The molecular weight excluding hydrogens is 723 g/mol. The summed E-state index contributed by atoms with van der Waals surface area (Å²) in [7, 11) is 0. The van der Waals surface area contributed by atoms with Gasteiger partial charge in [-0.2, -0.15) is 13.2 Å². The molecule has 288 valence electrons. The molecule has 0 fully saturated rings. The molecule has 2 aromatic carbocycles. The number of alkyl halides is 3. The molecule has 1 aliphatic rings. The van der Waals surface area contributed by atoms with Gasteiger partial charge in [-0.1, -0.05) is 83.1 Å². The SMILES string of the molecule is CCC(C)[C@H](NC(=O)Cc1ccccc1F)C(=O)N[C@]1(C(=O)NC(C(=S)NCc2cnccn2)[C@@H](C)CC)CCc2[nH]c3c(C(F)(F)F)cccc3c2C1. The molecule has 0 radical (unpaired) electrons. The highest BCUT2D eigenvalue weighted by Crippen LogP contribution is 2.40. The number of amides is 3. The van der Waals surface area contributed by atoms with E-state index in [1.165, 1.54) is 24.3 Å². The van der Waals surface area contributed by atoms with E-state index >= 15 is 0 Å². The first-order valence-corrected chi connectivity index (χ1v) is 18.5. The maximum Gasteiger partial charge on any atom is 0.418 e. The molecule has 3 amide bonds. The Morgan fingerprint density at radius 1 is 0.981 bits per heavy atom. The van der Waals surface area contributed by atoms with E-state index in [9.17, 15) is 31.9 Å². The third-order valence-electron chi connectivity index (χ3n) is 10.4. The van der Waals surface area contributed by atoms with Gasteiger partial charge in [-0.25, -0.2) is 4.39 Å². The third kappa shape index (κ3) is 9.05. The number of carbonyl (C=O) groups is 3. The van der Waals surface area contributed by atoms with Crippen LogP contribution in [-0.2, 0) is 46.4 Å². The van der Waals surface area contributed by atoms with Gasteiger partial charge in [0, 0.05) is 29.9 Å². The molecule has 1 aliphatic carbocycles. The van der Waals surface area contributed by atoms with Crippen LogP contribution < -0.4 is 21.3 Å². The van der Waals surface area contributed by atoms with Crippen LogP contribution in [0.4, 0.5) is 17.6 Å². The summed E-state index contributed by atoms with van der Waals surface area (Å²) in [5, 5.41) is 12.3. The first-order valence-electron chi connectivity index (χ1n) is 18.0. The molecule has 5 rings (SSSR count). The first kappa shape index (κ1) is 40.3. The van der Waals surface area contributed by atoms with Gasteiger partial charge in [-0.15, -0.1) is 0 Å². The van der Waals surface area contributed by atoms with E-state index < -0.39 is 58.8 Å². The molecule has 0 bridgehead atoms. The van der Waals surface area contributed by atoms with E-state index in [0.29, 0.717) is 40.2 Å². The third-order valence-corrected chi connectivity index (χ3v) is 10.8. The predicted molar refractivity (Wildman–Crippen MR) is 201 cm³/mol. The van der Waals surface area contributed by atoms with Gasteiger partial charge in [0.25, 0.3) is 0 Å². The number of thiocarbonyl (C=S) groups is 1. The van der Waals surface area contributed by atoms with Gasteiger partial charge in [0.1, 0.15) is 17.4 Å². The Bertz CT molecular complexity index is 1990.